The fourth-order valence-corrected chi connectivity index (χ4v) is 4.66. The predicted molar refractivity (Wildman–Crippen MR) is 104 cm³/mol. The zero-order valence-electron chi connectivity index (χ0n) is 15.7. The lowest BCUT2D eigenvalue weighted by Crippen LogP contribution is -2.30. The van der Waals surface area contributed by atoms with Gasteiger partial charge in [0.05, 0.1) is 17.0 Å². The first-order valence-corrected chi connectivity index (χ1v) is 10.4. The summed E-state index contributed by atoms with van der Waals surface area (Å²) < 4.78 is 41.9. The van der Waals surface area contributed by atoms with E-state index in [1.807, 2.05) is 0 Å². The molecular formula is C19H20FN3O5S. The van der Waals surface area contributed by atoms with Gasteiger partial charge >= 0.3 is 0 Å². The molecular weight excluding hydrogens is 401 g/mol. The van der Waals surface area contributed by atoms with Crippen molar-refractivity contribution in [3.05, 3.63) is 58.3 Å². The lowest BCUT2D eigenvalue weighted by Gasteiger charge is -2.16. The van der Waals surface area contributed by atoms with Crippen LogP contribution >= 0.6 is 0 Å². The van der Waals surface area contributed by atoms with Gasteiger partial charge in [-0.2, -0.15) is 4.31 Å². The van der Waals surface area contributed by atoms with E-state index in [2.05, 4.69) is 5.32 Å². The van der Waals surface area contributed by atoms with Gasteiger partial charge in [0.15, 0.2) is 5.78 Å². The molecule has 1 amide bonds. The number of amides is 1. The number of halogens is 1. The highest BCUT2D eigenvalue weighted by atomic mass is 32.2. The number of Topliss-reactive ketones (excluding diaryl/α,β-unsaturated/α-hetero) is 1. The zero-order chi connectivity index (χ0) is 21.2. The average molecular weight is 421 g/mol. The number of rotatable bonds is 6. The SMILES string of the molecule is CC(=O)Nc1ccc(C(=O)Cn2cc(S(=O)(=O)N3CCCC3)ccc2=O)c(F)c1. The number of hydrogen-bond donors (Lipinski definition) is 1. The summed E-state index contributed by atoms with van der Waals surface area (Å²) >= 11 is 0. The van der Waals surface area contributed by atoms with Crippen LogP contribution in [-0.2, 0) is 21.4 Å². The number of pyridine rings is 1. The lowest BCUT2D eigenvalue weighted by molar-refractivity contribution is -0.114. The molecule has 29 heavy (non-hydrogen) atoms. The van der Waals surface area contributed by atoms with Crippen LogP contribution in [0.3, 0.4) is 0 Å². The highest BCUT2D eigenvalue weighted by Gasteiger charge is 2.28. The molecule has 0 bridgehead atoms. The number of nitrogens with zero attached hydrogens (tertiary/aromatic N) is 2. The molecule has 2 heterocycles. The second-order valence-corrected chi connectivity index (χ2v) is 8.68. The average Bonchev–Trinajstić information content (AvgIpc) is 3.18. The maximum absolute atomic E-state index is 14.3. The lowest BCUT2D eigenvalue weighted by atomic mass is 10.1. The molecule has 1 fully saturated rings. The summed E-state index contributed by atoms with van der Waals surface area (Å²) in [5.74, 6) is -1.93. The third-order valence-electron chi connectivity index (χ3n) is 4.56. The van der Waals surface area contributed by atoms with Crippen molar-refractivity contribution in [2.75, 3.05) is 18.4 Å². The molecule has 1 saturated heterocycles. The van der Waals surface area contributed by atoms with Crippen molar-refractivity contribution < 1.29 is 22.4 Å². The highest BCUT2D eigenvalue weighted by molar-refractivity contribution is 7.89. The first kappa shape index (κ1) is 20.9. The predicted octanol–water partition coefficient (Wildman–Crippen LogP) is 1.61. The summed E-state index contributed by atoms with van der Waals surface area (Å²) in [6, 6.07) is 5.87. The zero-order valence-corrected chi connectivity index (χ0v) is 16.5. The second kappa shape index (κ2) is 8.26. The van der Waals surface area contributed by atoms with E-state index in [0.717, 1.165) is 35.7 Å². The van der Waals surface area contributed by atoms with E-state index in [1.54, 1.807) is 0 Å². The number of aromatic nitrogens is 1. The Hall–Kier alpha value is -2.85. The van der Waals surface area contributed by atoms with E-state index in [9.17, 15) is 27.2 Å². The number of sulfonamides is 1. The van der Waals surface area contributed by atoms with E-state index in [4.69, 9.17) is 0 Å². The van der Waals surface area contributed by atoms with Crippen molar-refractivity contribution in [3.8, 4) is 0 Å². The van der Waals surface area contributed by atoms with Crippen molar-refractivity contribution in [1.29, 1.82) is 0 Å². The Labute approximate surface area is 167 Å². The van der Waals surface area contributed by atoms with Gasteiger partial charge < -0.3 is 9.88 Å². The number of carbonyl (C=O) groups is 2. The molecule has 154 valence electrons. The van der Waals surface area contributed by atoms with Crippen molar-refractivity contribution >= 4 is 27.4 Å². The topological polar surface area (TPSA) is 106 Å². The van der Waals surface area contributed by atoms with E-state index in [-0.39, 0.29) is 22.1 Å². The van der Waals surface area contributed by atoms with Gasteiger partial charge in [-0.1, -0.05) is 0 Å². The van der Waals surface area contributed by atoms with Crippen molar-refractivity contribution in [2.45, 2.75) is 31.2 Å². The minimum absolute atomic E-state index is 0.0896. The molecule has 3 rings (SSSR count). The number of carbonyl (C=O) groups excluding carboxylic acids is 2. The van der Waals surface area contributed by atoms with Crippen LogP contribution in [0.4, 0.5) is 10.1 Å². The van der Waals surface area contributed by atoms with Gasteiger partial charge in [-0.05, 0) is 37.1 Å². The molecule has 0 atom stereocenters. The minimum Gasteiger partial charge on any atom is -0.326 e. The molecule has 0 radical (unpaired) electrons. The third-order valence-corrected chi connectivity index (χ3v) is 6.45. The van der Waals surface area contributed by atoms with Crippen LogP contribution in [0.2, 0.25) is 0 Å². The molecule has 0 aliphatic carbocycles. The quantitative estimate of drug-likeness (QED) is 0.714. The van der Waals surface area contributed by atoms with Gasteiger partial charge in [0, 0.05) is 38.0 Å². The van der Waals surface area contributed by atoms with Gasteiger partial charge in [-0.3, -0.25) is 14.4 Å². The fourth-order valence-electron chi connectivity index (χ4n) is 3.13. The van der Waals surface area contributed by atoms with E-state index >= 15 is 0 Å². The standard InChI is InChI=1S/C19H20FN3O5S/c1-13(24)21-14-4-6-16(17(20)10-14)18(25)12-22-11-15(5-7-19(22)26)29(27,28)23-8-2-3-9-23/h4-7,10-11H,2-3,8-9,12H2,1H3,(H,21,24). The van der Waals surface area contributed by atoms with Crippen LogP contribution in [0.15, 0.2) is 46.2 Å². The fraction of sp³-hybridized carbons (Fsp3) is 0.316. The molecule has 8 nitrogen and oxygen atoms in total. The smallest absolute Gasteiger partial charge is 0.251 e. The monoisotopic (exact) mass is 421 g/mol. The van der Waals surface area contributed by atoms with Crippen LogP contribution in [0.5, 0.6) is 0 Å². The molecule has 0 saturated carbocycles. The number of nitrogens with one attached hydrogen (secondary N) is 1. The molecule has 1 aromatic carbocycles. The second-order valence-electron chi connectivity index (χ2n) is 6.74. The van der Waals surface area contributed by atoms with E-state index < -0.39 is 33.7 Å². The molecule has 0 unspecified atom stereocenters. The number of ketones is 1. The maximum atomic E-state index is 14.3. The van der Waals surface area contributed by atoms with E-state index in [1.165, 1.54) is 29.4 Å². The Morgan fingerprint density at radius 3 is 2.45 bits per heavy atom. The first-order valence-electron chi connectivity index (χ1n) is 8.99. The highest BCUT2D eigenvalue weighted by Crippen LogP contribution is 2.20. The molecule has 1 aromatic heterocycles. The number of hydrogen-bond acceptors (Lipinski definition) is 5. The van der Waals surface area contributed by atoms with E-state index in [0.29, 0.717) is 13.1 Å². The summed E-state index contributed by atoms with van der Waals surface area (Å²) in [6.07, 6.45) is 2.65. The van der Waals surface area contributed by atoms with Gasteiger partial charge in [0.25, 0.3) is 5.56 Å². The van der Waals surface area contributed by atoms with Gasteiger partial charge in [-0.15, -0.1) is 0 Å². The normalized spacial score (nSPS) is 14.7. The summed E-state index contributed by atoms with van der Waals surface area (Å²) in [7, 11) is -3.76. The van der Waals surface area contributed by atoms with Crippen molar-refractivity contribution in [1.82, 2.24) is 8.87 Å². The molecule has 2 aromatic rings. The Kier molecular flexibility index (Phi) is 5.94. The Bertz CT molecular complexity index is 1120. The largest absolute Gasteiger partial charge is 0.326 e. The van der Waals surface area contributed by atoms with Crippen LogP contribution in [0.25, 0.3) is 0 Å². The maximum Gasteiger partial charge on any atom is 0.251 e. The molecule has 10 heteroatoms. The minimum atomic E-state index is -3.76. The molecule has 1 aliphatic rings. The number of benzene rings is 1. The summed E-state index contributed by atoms with van der Waals surface area (Å²) in [5.41, 5.74) is -0.643. The van der Waals surface area contributed by atoms with Crippen LogP contribution < -0.4 is 10.9 Å². The van der Waals surface area contributed by atoms with Crippen LogP contribution in [0.1, 0.15) is 30.1 Å². The first-order chi connectivity index (χ1) is 13.7. The molecule has 0 spiro atoms. The third kappa shape index (κ3) is 4.60. The van der Waals surface area contributed by atoms with Crippen molar-refractivity contribution in [3.63, 3.8) is 0 Å². The Morgan fingerprint density at radius 1 is 1.14 bits per heavy atom. The Balaban J connectivity index is 1.85. The van der Waals surface area contributed by atoms with Gasteiger partial charge in [0.1, 0.15) is 5.82 Å². The Morgan fingerprint density at radius 2 is 1.83 bits per heavy atom. The van der Waals surface area contributed by atoms with Crippen LogP contribution in [-0.4, -0.2) is 42.1 Å². The summed E-state index contributed by atoms with van der Waals surface area (Å²) in [6.45, 7) is 1.57. The van der Waals surface area contributed by atoms with Gasteiger partial charge in [-0.25, -0.2) is 12.8 Å². The summed E-state index contributed by atoms with van der Waals surface area (Å²) in [5, 5.41) is 2.40. The number of anilines is 1. The summed E-state index contributed by atoms with van der Waals surface area (Å²) in [4.78, 5) is 35.5. The van der Waals surface area contributed by atoms with Gasteiger partial charge in [0.2, 0.25) is 15.9 Å². The molecule has 1 aliphatic heterocycles. The van der Waals surface area contributed by atoms with Crippen LogP contribution in [0, 0.1) is 5.82 Å². The molecule has 1 N–H and O–H groups in total. The van der Waals surface area contributed by atoms with Crippen molar-refractivity contribution in [2.24, 2.45) is 0 Å².